The molecule has 0 aliphatic heterocycles. The Labute approximate surface area is 127 Å². The molecule has 0 spiro atoms. The molecule has 0 saturated heterocycles. The van der Waals surface area contributed by atoms with Crippen LogP contribution in [0.2, 0.25) is 0 Å². The van der Waals surface area contributed by atoms with Gasteiger partial charge in [-0.3, -0.25) is 4.79 Å². The van der Waals surface area contributed by atoms with Crippen LogP contribution in [0.15, 0.2) is 0 Å². The maximum absolute atomic E-state index is 10.6. The monoisotopic (exact) mass is 248 g/mol. The fourth-order valence-electron chi connectivity index (χ4n) is 0.669. The van der Waals surface area contributed by atoms with Crippen LogP contribution in [0.3, 0.4) is 0 Å². The van der Waals surface area contributed by atoms with Crippen molar-refractivity contribution < 1.29 is 73.9 Å². The maximum Gasteiger partial charge on any atom is 1.00 e. The zero-order valence-electron chi connectivity index (χ0n) is 8.49. The third-order valence-corrected chi connectivity index (χ3v) is 2.13. The van der Waals surface area contributed by atoms with Gasteiger partial charge in [0, 0.05) is 12.2 Å². The van der Waals surface area contributed by atoms with Crippen molar-refractivity contribution in [3.8, 4) is 0 Å². The number of carbonyl (C=O) groups is 1. The summed E-state index contributed by atoms with van der Waals surface area (Å²) in [4.78, 5) is 10.6. The molecule has 0 atom stereocenters. The van der Waals surface area contributed by atoms with Gasteiger partial charge in [-0.15, -0.1) is 0 Å². The summed E-state index contributed by atoms with van der Waals surface area (Å²) in [6.45, 7) is 1.85. The third kappa shape index (κ3) is 13.0. The predicted molar refractivity (Wildman–Crippen MR) is 45.0 cm³/mol. The third-order valence-electron chi connectivity index (χ3n) is 1.34. The number of hydrogen-bond donors (Lipinski definition) is 0. The van der Waals surface area contributed by atoms with E-state index < -0.39 is 15.9 Å². The molecule has 5 nitrogen and oxygen atoms in total. The molecule has 0 aliphatic rings. The minimum atomic E-state index is -4.12. The van der Waals surface area contributed by atoms with Gasteiger partial charge in [-0.25, -0.2) is 8.42 Å². The summed E-state index contributed by atoms with van der Waals surface area (Å²) in [5, 5.41) is 0. The predicted octanol–water partition coefficient (Wildman–Crippen LogP) is -2.73. The molecule has 0 aliphatic carbocycles. The van der Waals surface area contributed by atoms with Crippen LogP contribution in [0, 0.1) is 0 Å². The molecule has 0 unspecified atom stereocenters. The van der Waals surface area contributed by atoms with E-state index in [4.69, 9.17) is 0 Å². The summed E-state index contributed by atoms with van der Waals surface area (Å²) in [5.74, 6) is -0.707. The second kappa shape index (κ2) is 9.26. The van der Waals surface area contributed by atoms with E-state index >= 15 is 0 Å². The first-order valence-corrected chi connectivity index (χ1v) is 5.62. The summed E-state index contributed by atoms with van der Waals surface area (Å²) >= 11 is 0. The maximum atomic E-state index is 10.6. The van der Waals surface area contributed by atoms with Crippen LogP contribution in [0.5, 0.6) is 0 Å². The number of carbonyl (C=O) groups excluding carboxylic acids is 1. The van der Waals surface area contributed by atoms with Crippen molar-refractivity contribution in [1.82, 2.24) is 0 Å². The molecule has 0 aromatic rings. The largest absolute Gasteiger partial charge is 1.00 e. The van der Waals surface area contributed by atoms with E-state index in [0.29, 0.717) is 12.8 Å². The Kier molecular flexibility index (Phi) is 11.5. The Bertz CT molecular complexity index is 249. The average molecular weight is 248 g/mol. The molecule has 0 aromatic heterocycles. The average Bonchev–Trinajstić information content (AvgIpc) is 2.01. The van der Waals surface area contributed by atoms with Crippen LogP contribution >= 0.6 is 0 Å². The molecule has 0 N–H and O–H groups in total. The second-order valence-electron chi connectivity index (χ2n) is 2.54. The van der Waals surface area contributed by atoms with Gasteiger partial charge in [0.15, 0.2) is 0 Å². The van der Waals surface area contributed by atoms with Gasteiger partial charge in [-0.1, -0.05) is 6.92 Å². The number of esters is 1. The second-order valence-corrected chi connectivity index (χ2v) is 4.07. The Morgan fingerprint density at radius 3 is 2.36 bits per heavy atom. The molecule has 0 fully saturated rings. The van der Waals surface area contributed by atoms with Crippen molar-refractivity contribution in [3.63, 3.8) is 0 Å². The summed E-state index contributed by atoms with van der Waals surface area (Å²) in [6.07, 6.45) is 0.954. The van der Waals surface area contributed by atoms with Gasteiger partial charge >= 0.3 is 57.4 Å². The standard InChI is InChI=1S/C7H14O5S.K/c1-2-7(8)12-5-3-4-6-13(9,10)11;/h2-6H2,1H3,(H,9,10,11);/q;+1/p-1. The van der Waals surface area contributed by atoms with Crippen molar-refractivity contribution in [2.45, 2.75) is 26.2 Å². The smallest absolute Gasteiger partial charge is 0.748 e. The first-order valence-electron chi connectivity index (χ1n) is 4.05. The fraction of sp³-hybridized carbons (Fsp3) is 0.857. The van der Waals surface area contributed by atoms with Crippen molar-refractivity contribution in [2.75, 3.05) is 12.4 Å². The molecule has 14 heavy (non-hydrogen) atoms. The molecule has 0 bridgehead atoms. The van der Waals surface area contributed by atoms with Crippen LogP contribution in [0.1, 0.15) is 26.2 Å². The first kappa shape index (κ1) is 17.4. The summed E-state index contributed by atoms with van der Waals surface area (Å²) in [7, 11) is -4.12. The molecule has 0 rings (SSSR count). The molecule has 0 aromatic carbocycles. The number of ether oxygens (including phenoxy) is 1. The van der Waals surface area contributed by atoms with Crippen LogP contribution in [-0.4, -0.2) is 31.3 Å². The van der Waals surface area contributed by atoms with Gasteiger partial charge < -0.3 is 9.29 Å². The van der Waals surface area contributed by atoms with E-state index in [0.717, 1.165) is 0 Å². The van der Waals surface area contributed by atoms with Gasteiger partial charge in [-0.2, -0.15) is 0 Å². The molecule has 0 radical (unpaired) electrons. The number of rotatable bonds is 6. The zero-order chi connectivity index (χ0) is 10.3. The Balaban J connectivity index is 0. The fourth-order valence-corrected chi connectivity index (χ4v) is 1.23. The number of hydrogen-bond acceptors (Lipinski definition) is 5. The summed E-state index contributed by atoms with van der Waals surface area (Å²) in [5.41, 5.74) is 0. The van der Waals surface area contributed by atoms with Gasteiger partial charge in [0.2, 0.25) is 0 Å². The minimum absolute atomic E-state index is 0. The van der Waals surface area contributed by atoms with E-state index in [2.05, 4.69) is 4.74 Å². The van der Waals surface area contributed by atoms with Gasteiger partial charge in [-0.05, 0) is 12.8 Å². The summed E-state index contributed by atoms with van der Waals surface area (Å²) < 4.78 is 35.0. The number of unbranched alkanes of at least 4 members (excludes halogenated alkanes) is 1. The molecule has 0 saturated carbocycles. The quantitative estimate of drug-likeness (QED) is 0.220. The van der Waals surface area contributed by atoms with E-state index in [9.17, 15) is 17.8 Å². The van der Waals surface area contributed by atoms with Crippen molar-refractivity contribution in [1.29, 1.82) is 0 Å². The van der Waals surface area contributed by atoms with E-state index in [1.807, 2.05) is 0 Å². The topological polar surface area (TPSA) is 83.5 Å². The van der Waals surface area contributed by atoms with E-state index in [-0.39, 0.29) is 70.4 Å². The Morgan fingerprint density at radius 1 is 1.36 bits per heavy atom. The van der Waals surface area contributed by atoms with Gasteiger partial charge in [0.25, 0.3) is 0 Å². The van der Waals surface area contributed by atoms with Crippen LogP contribution < -0.4 is 51.4 Å². The van der Waals surface area contributed by atoms with Crippen molar-refractivity contribution in [2.24, 2.45) is 0 Å². The van der Waals surface area contributed by atoms with Crippen molar-refractivity contribution in [3.05, 3.63) is 0 Å². The van der Waals surface area contributed by atoms with Crippen LogP contribution in [-0.2, 0) is 19.6 Å². The van der Waals surface area contributed by atoms with Crippen LogP contribution in [0.25, 0.3) is 0 Å². The molecule has 0 amide bonds. The van der Waals surface area contributed by atoms with E-state index in [1.54, 1.807) is 6.92 Å². The van der Waals surface area contributed by atoms with Gasteiger partial charge in [0.05, 0.1) is 16.7 Å². The first-order chi connectivity index (χ1) is 5.95. The van der Waals surface area contributed by atoms with E-state index in [1.165, 1.54) is 0 Å². The van der Waals surface area contributed by atoms with Crippen LogP contribution in [0.4, 0.5) is 0 Å². The summed E-state index contributed by atoms with van der Waals surface area (Å²) in [6, 6.07) is 0. The minimum Gasteiger partial charge on any atom is -0.748 e. The SMILES string of the molecule is CCC(=O)OCCCCS(=O)(=O)[O-].[K+]. The zero-order valence-corrected chi connectivity index (χ0v) is 12.4. The Morgan fingerprint density at radius 2 is 1.93 bits per heavy atom. The Hall–Kier alpha value is 1.02. The molecule has 78 valence electrons. The van der Waals surface area contributed by atoms with Crippen molar-refractivity contribution >= 4 is 16.1 Å². The molecule has 7 heteroatoms. The normalized spacial score (nSPS) is 10.4. The van der Waals surface area contributed by atoms with Gasteiger partial charge in [0.1, 0.15) is 0 Å². The molecular formula is C7H13KO5S. The molecular weight excluding hydrogens is 235 g/mol. The molecule has 0 heterocycles.